The van der Waals surface area contributed by atoms with Crippen molar-refractivity contribution in [3.05, 3.63) is 50.1 Å². The van der Waals surface area contributed by atoms with Gasteiger partial charge < -0.3 is 10.1 Å². The minimum absolute atomic E-state index is 0.171. The fourth-order valence-corrected chi connectivity index (χ4v) is 3.59. The van der Waals surface area contributed by atoms with Crippen LogP contribution in [-0.2, 0) is 0 Å². The van der Waals surface area contributed by atoms with Crippen LogP contribution in [0.25, 0.3) is 0 Å². The summed E-state index contributed by atoms with van der Waals surface area (Å²) in [5, 5.41) is 8.34. The molecule has 2 nitrogen and oxygen atoms in total. The molecule has 1 N–H and O–H groups in total. The fourth-order valence-electron chi connectivity index (χ4n) is 1.78. The van der Waals surface area contributed by atoms with Crippen LogP contribution < -0.4 is 10.1 Å². The molecular formula is C14H15BrClNOS. The monoisotopic (exact) mass is 359 g/mol. The molecule has 0 aliphatic rings. The Balaban J connectivity index is 2.04. The zero-order chi connectivity index (χ0) is 13.7. The van der Waals surface area contributed by atoms with Gasteiger partial charge in [-0.2, -0.15) is 11.3 Å². The summed E-state index contributed by atoms with van der Waals surface area (Å²) >= 11 is 11.2. The minimum atomic E-state index is 0.171. The number of halogens is 2. The van der Waals surface area contributed by atoms with Crippen LogP contribution in [0, 0.1) is 0 Å². The Kier molecular flexibility index (Phi) is 5.70. The molecule has 0 fully saturated rings. The lowest BCUT2D eigenvalue weighted by molar-refractivity contribution is 0.268. The summed E-state index contributed by atoms with van der Waals surface area (Å²) in [5.41, 5.74) is 1.23. The van der Waals surface area contributed by atoms with E-state index in [-0.39, 0.29) is 6.04 Å². The van der Waals surface area contributed by atoms with E-state index in [0.29, 0.717) is 11.6 Å². The van der Waals surface area contributed by atoms with Gasteiger partial charge in [-0.15, -0.1) is 0 Å². The van der Waals surface area contributed by atoms with E-state index in [0.717, 1.165) is 16.8 Å². The molecule has 0 amide bonds. The summed E-state index contributed by atoms with van der Waals surface area (Å²) in [5.74, 6) is 0.793. The quantitative estimate of drug-likeness (QED) is 0.791. The largest absolute Gasteiger partial charge is 0.492 e. The molecule has 1 aromatic heterocycles. The van der Waals surface area contributed by atoms with Gasteiger partial charge in [0.1, 0.15) is 12.4 Å². The Morgan fingerprint density at radius 1 is 1.42 bits per heavy atom. The van der Waals surface area contributed by atoms with E-state index in [1.807, 2.05) is 24.3 Å². The van der Waals surface area contributed by atoms with Gasteiger partial charge in [0.2, 0.25) is 0 Å². The lowest BCUT2D eigenvalue weighted by atomic mass is 10.1. The molecule has 1 unspecified atom stereocenters. The molecule has 0 aliphatic heterocycles. The van der Waals surface area contributed by atoms with Crippen molar-refractivity contribution < 1.29 is 4.74 Å². The number of hydrogen-bond acceptors (Lipinski definition) is 3. The maximum absolute atomic E-state index is 5.94. The summed E-state index contributed by atoms with van der Waals surface area (Å²) in [6, 6.07) is 7.64. The van der Waals surface area contributed by atoms with Gasteiger partial charge in [0.15, 0.2) is 0 Å². The van der Waals surface area contributed by atoms with Crippen molar-refractivity contribution in [2.45, 2.75) is 13.0 Å². The SMILES string of the molecule is CCNC(COc1cccc(Cl)c1)c1cscc1Br. The number of thiophene rings is 1. The molecule has 0 radical (unpaired) electrons. The predicted octanol–water partition coefficient (Wildman–Crippen LogP) is 4.89. The number of benzene rings is 1. The van der Waals surface area contributed by atoms with E-state index in [9.17, 15) is 0 Å². The zero-order valence-corrected chi connectivity index (χ0v) is 13.7. The minimum Gasteiger partial charge on any atom is -0.492 e. The Morgan fingerprint density at radius 2 is 2.26 bits per heavy atom. The van der Waals surface area contributed by atoms with E-state index >= 15 is 0 Å². The van der Waals surface area contributed by atoms with Crippen molar-refractivity contribution in [2.24, 2.45) is 0 Å². The van der Waals surface area contributed by atoms with Crippen molar-refractivity contribution in [2.75, 3.05) is 13.2 Å². The highest BCUT2D eigenvalue weighted by Crippen LogP contribution is 2.28. The van der Waals surface area contributed by atoms with Gasteiger partial charge in [-0.05, 0) is 51.6 Å². The first kappa shape index (κ1) is 14.9. The van der Waals surface area contributed by atoms with E-state index in [2.05, 4.69) is 38.9 Å². The highest BCUT2D eigenvalue weighted by molar-refractivity contribution is 9.10. The van der Waals surface area contributed by atoms with Crippen molar-refractivity contribution in [3.63, 3.8) is 0 Å². The van der Waals surface area contributed by atoms with Crippen LogP contribution in [0.2, 0.25) is 5.02 Å². The molecule has 2 aromatic rings. The third kappa shape index (κ3) is 4.21. The Bertz CT molecular complexity index is 532. The highest BCUT2D eigenvalue weighted by atomic mass is 79.9. The summed E-state index contributed by atoms with van der Waals surface area (Å²) < 4.78 is 6.94. The molecule has 1 aromatic carbocycles. The third-order valence-electron chi connectivity index (χ3n) is 2.68. The molecule has 1 atom stereocenters. The van der Waals surface area contributed by atoms with Crippen LogP contribution >= 0.6 is 38.9 Å². The van der Waals surface area contributed by atoms with Crippen molar-refractivity contribution in [3.8, 4) is 5.75 Å². The second-order valence-corrected chi connectivity index (χ2v) is 6.09. The molecular weight excluding hydrogens is 346 g/mol. The van der Waals surface area contributed by atoms with Crippen molar-refractivity contribution >= 4 is 38.9 Å². The zero-order valence-electron chi connectivity index (χ0n) is 10.5. The molecule has 0 saturated heterocycles. The number of nitrogens with one attached hydrogen (secondary N) is 1. The predicted molar refractivity (Wildman–Crippen MR) is 85.4 cm³/mol. The molecule has 19 heavy (non-hydrogen) atoms. The molecule has 0 bridgehead atoms. The summed E-state index contributed by atoms with van der Waals surface area (Å²) in [4.78, 5) is 0. The number of likely N-dealkylation sites (N-methyl/N-ethyl adjacent to an activating group) is 1. The standard InChI is InChI=1S/C14H15BrClNOS/c1-2-17-14(12-8-19-9-13(12)15)7-18-11-5-3-4-10(16)6-11/h3-6,8-9,14,17H,2,7H2,1H3. The average Bonchev–Trinajstić information content (AvgIpc) is 2.81. The summed E-state index contributed by atoms with van der Waals surface area (Å²) in [6.07, 6.45) is 0. The number of rotatable bonds is 6. The molecule has 0 spiro atoms. The van der Waals surface area contributed by atoms with Crippen LogP contribution in [0.5, 0.6) is 5.75 Å². The Morgan fingerprint density at radius 3 is 2.89 bits per heavy atom. The smallest absolute Gasteiger partial charge is 0.120 e. The Labute approximate surface area is 130 Å². The van der Waals surface area contributed by atoms with Gasteiger partial charge in [-0.3, -0.25) is 0 Å². The van der Waals surface area contributed by atoms with Crippen molar-refractivity contribution in [1.82, 2.24) is 5.32 Å². The van der Waals surface area contributed by atoms with Gasteiger partial charge in [0, 0.05) is 14.9 Å². The maximum Gasteiger partial charge on any atom is 0.120 e. The molecule has 2 rings (SSSR count). The van der Waals surface area contributed by atoms with E-state index < -0.39 is 0 Å². The van der Waals surface area contributed by atoms with Crippen LogP contribution in [0.1, 0.15) is 18.5 Å². The fraction of sp³-hybridized carbons (Fsp3) is 0.286. The van der Waals surface area contributed by atoms with Gasteiger partial charge >= 0.3 is 0 Å². The van der Waals surface area contributed by atoms with Crippen LogP contribution in [0.4, 0.5) is 0 Å². The Hall–Kier alpha value is -0.550. The first-order valence-electron chi connectivity index (χ1n) is 6.04. The molecule has 5 heteroatoms. The van der Waals surface area contributed by atoms with Gasteiger partial charge in [-0.1, -0.05) is 24.6 Å². The van der Waals surface area contributed by atoms with E-state index in [1.165, 1.54) is 5.56 Å². The maximum atomic E-state index is 5.94. The summed E-state index contributed by atoms with van der Waals surface area (Å²) in [6.45, 7) is 3.56. The normalized spacial score (nSPS) is 12.4. The number of ether oxygens (including phenoxy) is 1. The van der Waals surface area contributed by atoms with Gasteiger partial charge in [0.05, 0.1) is 6.04 Å². The molecule has 102 valence electrons. The van der Waals surface area contributed by atoms with Crippen LogP contribution in [0.3, 0.4) is 0 Å². The van der Waals surface area contributed by atoms with Crippen LogP contribution in [0.15, 0.2) is 39.5 Å². The van der Waals surface area contributed by atoms with Crippen molar-refractivity contribution in [1.29, 1.82) is 0 Å². The second-order valence-electron chi connectivity index (χ2n) is 4.05. The van der Waals surface area contributed by atoms with Gasteiger partial charge in [0.25, 0.3) is 0 Å². The average molecular weight is 361 g/mol. The molecule has 0 aliphatic carbocycles. The number of hydrogen-bond donors (Lipinski definition) is 1. The molecule has 0 saturated carbocycles. The third-order valence-corrected chi connectivity index (χ3v) is 4.67. The van der Waals surface area contributed by atoms with Gasteiger partial charge in [-0.25, -0.2) is 0 Å². The molecule has 1 heterocycles. The second kappa shape index (κ2) is 7.29. The van der Waals surface area contributed by atoms with Crippen LogP contribution in [-0.4, -0.2) is 13.2 Å². The first-order chi connectivity index (χ1) is 9.20. The summed E-state index contributed by atoms with van der Waals surface area (Å²) in [7, 11) is 0. The van der Waals surface area contributed by atoms with E-state index in [1.54, 1.807) is 11.3 Å². The lowest BCUT2D eigenvalue weighted by Gasteiger charge is -2.18. The topological polar surface area (TPSA) is 21.3 Å². The van der Waals surface area contributed by atoms with E-state index in [4.69, 9.17) is 16.3 Å². The first-order valence-corrected chi connectivity index (χ1v) is 8.15. The highest BCUT2D eigenvalue weighted by Gasteiger charge is 2.15. The lowest BCUT2D eigenvalue weighted by Crippen LogP contribution is -2.26.